The van der Waals surface area contributed by atoms with Crippen molar-refractivity contribution in [3.63, 3.8) is 0 Å². The van der Waals surface area contributed by atoms with Crippen molar-refractivity contribution in [3.05, 3.63) is 48.0 Å². The minimum atomic E-state index is -1.13. The minimum absolute atomic E-state index is 0.0335. The Hall–Kier alpha value is -2.63. The van der Waals surface area contributed by atoms with Crippen molar-refractivity contribution < 1.29 is 19.1 Å². The predicted molar refractivity (Wildman–Crippen MR) is 66.9 cm³/mol. The number of amides is 1. The van der Waals surface area contributed by atoms with E-state index in [4.69, 9.17) is 9.52 Å². The molecule has 0 aromatic carbocycles. The van der Waals surface area contributed by atoms with Crippen LogP contribution < -0.4 is 5.32 Å². The van der Waals surface area contributed by atoms with Crippen LogP contribution in [0.15, 0.2) is 41.1 Å². The monoisotopic (exact) mass is 260 g/mol. The van der Waals surface area contributed by atoms with E-state index in [1.807, 2.05) is 0 Å². The molecule has 98 valence electrons. The van der Waals surface area contributed by atoms with Crippen LogP contribution in [0.3, 0.4) is 0 Å². The molecule has 0 fully saturated rings. The number of nitrogens with zero attached hydrogens (tertiary/aromatic N) is 1. The molecular weight excluding hydrogens is 248 g/mol. The van der Waals surface area contributed by atoms with Crippen LogP contribution in [0.5, 0.6) is 0 Å². The Balaban J connectivity index is 1.97. The molecule has 6 nitrogen and oxygen atoms in total. The van der Waals surface area contributed by atoms with Gasteiger partial charge >= 0.3 is 5.97 Å². The summed E-state index contributed by atoms with van der Waals surface area (Å²) in [6, 6.07) is 6.41. The molecule has 2 N–H and O–H groups in total. The Bertz CT molecular complexity index is 578. The van der Waals surface area contributed by atoms with Crippen molar-refractivity contribution in [2.75, 3.05) is 5.32 Å². The number of pyridine rings is 1. The second kappa shape index (κ2) is 5.81. The Morgan fingerprint density at radius 2 is 2.16 bits per heavy atom. The number of nitrogens with one attached hydrogen (secondary N) is 1. The highest BCUT2D eigenvalue weighted by Crippen LogP contribution is 2.12. The van der Waals surface area contributed by atoms with Gasteiger partial charge in [-0.05, 0) is 24.3 Å². The van der Waals surface area contributed by atoms with Crippen LogP contribution in [0.4, 0.5) is 5.82 Å². The van der Waals surface area contributed by atoms with Gasteiger partial charge in [0, 0.05) is 19.0 Å². The summed E-state index contributed by atoms with van der Waals surface area (Å²) in [6.07, 6.45) is 3.61. The van der Waals surface area contributed by atoms with E-state index in [-0.39, 0.29) is 23.7 Å². The van der Waals surface area contributed by atoms with Crippen LogP contribution >= 0.6 is 0 Å². The van der Waals surface area contributed by atoms with Gasteiger partial charge in [-0.3, -0.25) is 4.79 Å². The highest BCUT2D eigenvalue weighted by atomic mass is 16.4. The van der Waals surface area contributed by atoms with Crippen molar-refractivity contribution >= 4 is 17.7 Å². The van der Waals surface area contributed by atoms with E-state index in [0.717, 1.165) is 0 Å². The third-order valence-corrected chi connectivity index (χ3v) is 2.47. The first-order valence-electron chi connectivity index (χ1n) is 5.67. The summed E-state index contributed by atoms with van der Waals surface area (Å²) in [5, 5.41) is 11.4. The summed E-state index contributed by atoms with van der Waals surface area (Å²) in [6.45, 7) is 0. The van der Waals surface area contributed by atoms with Gasteiger partial charge < -0.3 is 14.8 Å². The number of carbonyl (C=O) groups is 2. The molecule has 2 aromatic rings. The molecule has 19 heavy (non-hydrogen) atoms. The summed E-state index contributed by atoms with van der Waals surface area (Å²) in [5.41, 5.74) is -0.0335. The second-order valence-electron chi connectivity index (χ2n) is 3.83. The normalized spacial score (nSPS) is 10.1. The first-order valence-corrected chi connectivity index (χ1v) is 5.67. The molecule has 1 amide bonds. The van der Waals surface area contributed by atoms with Crippen LogP contribution in [0.1, 0.15) is 22.5 Å². The highest BCUT2D eigenvalue weighted by Gasteiger charge is 2.13. The molecular formula is C13H12N2O4. The number of anilines is 1. The molecule has 0 atom stereocenters. The van der Waals surface area contributed by atoms with Crippen molar-refractivity contribution in [3.8, 4) is 0 Å². The van der Waals surface area contributed by atoms with Crippen molar-refractivity contribution in [2.45, 2.75) is 12.8 Å². The highest BCUT2D eigenvalue weighted by molar-refractivity contribution is 5.99. The zero-order valence-electron chi connectivity index (χ0n) is 10.00. The maximum absolute atomic E-state index is 11.7. The third kappa shape index (κ3) is 3.41. The lowest BCUT2D eigenvalue weighted by atomic mass is 10.2. The smallest absolute Gasteiger partial charge is 0.339 e. The first-order chi connectivity index (χ1) is 9.16. The van der Waals surface area contributed by atoms with Gasteiger partial charge in [-0.1, -0.05) is 0 Å². The average molecular weight is 260 g/mol. The summed E-state index contributed by atoms with van der Waals surface area (Å²) in [5.74, 6) is -0.680. The quantitative estimate of drug-likeness (QED) is 0.857. The van der Waals surface area contributed by atoms with E-state index in [9.17, 15) is 9.59 Å². The van der Waals surface area contributed by atoms with Crippen molar-refractivity contribution in [2.24, 2.45) is 0 Å². The predicted octanol–water partition coefficient (Wildman–Crippen LogP) is 1.94. The number of aryl methyl sites for hydroxylation is 1. The van der Waals surface area contributed by atoms with Crippen molar-refractivity contribution in [1.82, 2.24) is 4.98 Å². The number of carboxylic acids is 1. The van der Waals surface area contributed by atoms with E-state index >= 15 is 0 Å². The second-order valence-corrected chi connectivity index (χ2v) is 3.83. The van der Waals surface area contributed by atoms with Gasteiger partial charge in [0.1, 0.15) is 17.1 Å². The molecule has 0 unspecified atom stereocenters. The average Bonchev–Trinajstić information content (AvgIpc) is 2.90. The van der Waals surface area contributed by atoms with Gasteiger partial charge in [-0.25, -0.2) is 9.78 Å². The molecule has 6 heteroatoms. The lowest BCUT2D eigenvalue weighted by molar-refractivity contribution is -0.116. The number of hydrogen-bond acceptors (Lipinski definition) is 4. The van der Waals surface area contributed by atoms with Crippen LogP contribution in [-0.4, -0.2) is 22.0 Å². The van der Waals surface area contributed by atoms with Crippen LogP contribution in [0, 0.1) is 0 Å². The van der Waals surface area contributed by atoms with Crippen LogP contribution in [-0.2, 0) is 11.2 Å². The number of hydrogen-bond donors (Lipinski definition) is 2. The largest absolute Gasteiger partial charge is 0.478 e. The van der Waals surface area contributed by atoms with E-state index in [2.05, 4.69) is 10.3 Å². The number of carboxylic acid groups (broad SMARTS) is 1. The number of aromatic carboxylic acids is 1. The van der Waals surface area contributed by atoms with Gasteiger partial charge in [0.15, 0.2) is 0 Å². The number of carbonyl (C=O) groups excluding carboxylic acids is 1. The number of aromatic nitrogens is 1. The molecule has 0 spiro atoms. The summed E-state index contributed by atoms with van der Waals surface area (Å²) in [4.78, 5) is 26.5. The van der Waals surface area contributed by atoms with Crippen LogP contribution in [0.2, 0.25) is 0 Å². The topological polar surface area (TPSA) is 92.4 Å². The van der Waals surface area contributed by atoms with E-state index < -0.39 is 5.97 Å². The SMILES string of the molecule is O=C(CCc1ccco1)Nc1ncccc1C(=O)O. The molecule has 2 rings (SSSR count). The fraction of sp³-hybridized carbons (Fsp3) is 0.154. The maximum atomic E-state index is 11.7. The van der Waals surface area contributed by atoms with Crippen LogP contribution in [0.25, 0.3) is 0 Å². The zero-order valence-corrected chi connectivity index (χ0v) is 10.00. The lowest BCUT2D eigenvalue weighted by Gasteiger charge is -2.06. The Morgan fingerprint density at radius 1 is 1.32 bits per heavy atom. The lowest BCUT2D eigenvalue weighted by Crippen LogP contribution is -2.16. The first kappa shape index (κ1) is 12.8. The Morgan fingerprint density at radius 3 is 2.84 bits per heavy atom. The molecule has 0 saturated carbocycles. The van der Waals surface area contributed by atoms with E-state index in [1.165, 1.54) is 24.6 Å². The number of rotatable bonds is 5. The molecule has 2 aromatic heterocycles. The standard InChI is InChI=1S/C13H12N2O4/c16-11(6-5-9-3-2-8-19-9)15-12-10(13(17)18)4-1-7-14-12/h1-4,7-8H,5-6H2,(H,17,18)(H,14,15,16). The fourth-order valence-corrected chi connectivity index (χ4v) is 1.56. The summed E-state index contributed by atoms with van der Waals surface area (Å²) >= 11 is 0. The van der Waals surface area contributed by atoms with Gasteiger partial charge in [0.05, 0.1) is 6.26 Å². The Labute approximate surface area is 109 Å². The van der Waals surface area contributed by atoms with Gasteiger partial charge in [0.2, 0.25) is 5.91 Å². The molecule has 0 aliphatic heterocycles. The zero-order chi connectivity index (χ0) is 13.7. The molecule has 0 radical (unpaired) electrons. The molecule has 0 aliphatic carbocycles. The minimum Gasteiger partial charge on any atom is -0.478 e. The molecule has 2 heterocycles. The molecule has 0 bridgehead atoms. The van der Waals surface area contributed by atoms with E-state index in [0.29, 0.717) is 12.2 Å². The van der Waals surface area contributed by atoms with E-state index in [1.54, 1.807) is 12.1 Å². The summed E-state index contributed by atoms with van der Waals surface area (Å²) < 4.78 is 5.11. The Kier molecular flexibility index (Phi) is 3.92. The van der Waals surface area contributed by atoms with Crippen molar-refractivity contribution in [1.29, 1.82) is 0 Å². The molecule has 0 aliphatic rings. The van der Waals surface area contributed by atoms with Gasteiger partial charge in [-0.15, -0.1) is 0 Å². The third-order valence-electron chi connectivity index (χ3n) is 2.47. The molecule has 0 saturated heterocycles. The number of furan rings is 1. The maximum Gasteiger partial charge on any atom is 0.339 e. The fourth-order valence-electron chi connectivity index (χ4n) is 1.56. The van der Waals surface area contributed by atoms with Gasteiger partial charge in [0.25, 0.3) is 0 Å². The summed E-state index contributed by atoms with van der Waals surface area (Å²) in [7, 11) is 0. The van der Waals surface area contributed by atoms with Gasteiger partial charge in [-0.2, -0.15) is 0 Å².